The van der Waals surface area contributed by atoms with E-state index in [1.165, 1.54) is 11.1 Å². The summed E-state index contributed by atoms with van der Waals surface area (Å²) in [5.41, 5.74) is 2.57. The van der Waals surface area contributed by atoms with E-state index in [-0.39, 0.29) is 5.41 Å². The van der Waals surface area contributed by atoms with Crippen LogP contribution in [-0.4, -0.2) is 27.5 Å². The van der Waals surface area contributed by atoms with Crippen molar-refractivity contribution >= 4 is 0 Å². The minimum Gasteiger partial charge on any atom is -0.508 e. The third-order valence-electron chi connectivity index (χ3n) is 6.68. The molecule has 2 saturated carbocycles. The number of aromatic hydroxyl groups is 1. The second-order valence-corrected chi connectivity index (χ2v) is 7.59. The lowest BCUT2D eigenvalue weighted by Gasteiger charge is -2.49. The second kappa shape index (κ2) is 4.47. The molecule has 6 atom stereocenters. The van der Waals surface area contributed by atoms with E-state index in [1.807, 2.05) is 6.07 Å². The molecule has 0 radical (unpaired) electrons. The Hall–Kier alpha value is -1.06. The molecule has 3 aliphatic rings. The summed E-state index contributed by atoms with van der Waals surface area (Å²) in [6.45, 7) is 2.17. The first-order valence-electron chi connectivity index (χ1n) is 8.18. The van der Waals surface area contributed by atoms with Crippen molar-refractivity contribution in [3.05, 3.63) is 29.3 Å². The van der Waals surface area contributed by atoms with E-state index in [9.17, 15) is 15.3 Å². The van der Waals surface area contributed by atoms with Crippen molar-refractivity contribution in [1.82, 2.24) is 0 Å². The highest BCUT2D eigenvalue weighted by molar-refractivity contribution is 5.40. The Balaban J connectivity index is 1.71. The van der Waals surface area contributed by atoms with E-state index in [0.29, 0.717) is 23.5 Å². The van der Waals surface area contributed by atoms with Crippen LogP contribution in [0.4, 0.5) is 0 Å². The quantitative estimate of drug-likeness (QED) is 0.687. The number of phenols is 1. The van der Waals surface area contributed by atoms with Crippen LogP contribution in [0.5, 0.6) is 5.75 Å². The molecule has 1 aromatic rings. The van der Waals surface area contributed by atoms with Gasteiger partial charge in [0.15, 0.2) is 0 Å². The zero-order chi connectivity index (χ0) is 14.8. The number of hydrogen-bond acceptors (Lipinski definition) is 3. The first kappa shape index (κ1) is 13.6. The van der Waals surface area contributed by atoms with Crippen LogP contribution in [0, 0.1) is 17.3 Å². The van der Waals surface area contributed by atoms with Crippen molar-refractivity contribution < 1.29 is 15.3 Å². The highest BCUT2D eigenvalue weighted by Crippen LogP contribution is 2.60. The summed E-state index contributed by atoms with van der Waals surface area (Å²) in [6.07, 6.45) is 3.80. The fourth-order valence-corrected chi connectivity index (χ4v) is 5.56. The molecule has 0 spiro atoms. The topological polar surface area (TPSA) is 60.7 Å². The SMILES string of the molecule is C[C@]12CC[C@@H]3c4ccc(O)cc4CC[C@H]3[C@@H]1C[C@H](O)C2O. The number of fused-ring (bicyclic) bond motifs is 5. The lowest BCUT2D eigenvalue weighted by atomic mass is 9.55. The molecule has 0 saturated heterocycles. The van der Waals surface area contributed by atoms with Crippen molar-refractivity contribution in [3.8, 4) is 5.75 Å². The summed E-state index contributed by atoms with van der Waals surface area (Å²) in [5, 5.41) is 30.2. The molecule has 3 heteroatoms. The number of aryl methyl sites for hydroxylation is 1. The van der Waals surface area contributed by atoms with E-state index in [0.717, 1.165) is 32.1 Å². The fourth-order valence-electron chi connectivity index (χ4n) is 5.56. The molecular formula is C18H24O3. The van der Waals surface area contributed by atoms with Crippen LogP contribution in [-0.2, 0) is 6.42 Å². The number of hydrogen-bond donors (Lipinski definition) is 3. The molecule has 21 heavy (non-hydrogen) atoms. The zero-order valence-electron chi connectivity index (χ0n) is 12.5. The van der Waals surface area contributed by atoms with Crippen molar-refractivity contribution in [2.45, 2.75) is 57.2 Å². The van der Waals surface area contributed by atoms with Gasteiger partial charge >= 0.3 is 0 Å². The van der Waals surface area contributed by atoms with Gasteiger partial charge in [0, 0.05) is 0 Å². The first-order chi connectivity index (χ1) is 10.0. The summed E-state index contributed by atoms with van der Waals surface area (Å²) in [4.78, 5) is 0. The molecule has 0 aromatic heterocycles. The van der Waals surface area contributed by atoms with Gasteiger partial charge in [-0.2, -0.15) is 0 Å². The molecular weight excluding hydrogens is 264 g/mol. The van der Waals surface area contributed by atoms with Crippen LogP contribution in [0.2, 0.25) is 0 Å². The third-order valence-corrected chi connectivity index (χ3v) is 6.68. The van der Waals surface area contributed by atoms with Gasteiger partial charge in [-0.25, -0.2) is 0 Å². The van der Waals surface area contributed by atoms with E-state index in [2.05, 4.69) is 13.0 Å². The Kier molecular flexibility index (Phi) is 2.89. The van der Waals surface area contributed by atoms with E-state index in [1.54, 1.807) is 6.07 Å². The van der Waals surface area contributed by atoms with Gasteiger partial charge in [0.05, 0.1) is 12.2 Å². The van der Waals surface area contributed by atoms with Crippen molar-refractivity contribution in [2.24, 2.45) is 17.3 Å². The molecule has 0 amide bonds. The van der Waals surface area contributed by atoms with Crippen molar-refractivity contribution in [2.75, 3.05) is 0 Å². The maximum absolute atomic E-state index is 10.4. The molecule has 4 rings (SSSR count). The number of aliphatic hydroxyl groups is 2. The number of aliphatic hydroxyl groups excluding tert-OH is 2. The van der Waals surface area contributed by atoms with Crippen LogP contribution < -0.4 is 0 Å². The Morgan fingerprint density at radius 2 is 2.00 bits per heavy atom. The summed E-state index contributed by atoms with van der Waals surface area (Å²) in [6, 6.07) is 5.80. The largest absolute Gasteiger partial charge is 0.508 e. The molecule has 3 N–H and O–H groups in total. The van der Waals surface area contributed by atoms with Crippen LogP contribution in [0.1, 0.15) is 49.7 Å². The summed E-state index contributed by atoms with van der Waals surface area (Å²) < 4.78 is 0. The summed E-state index contributed by atoms with van der Waals surface area (Å²) in [7, 11) is 0. The molecule has 1 unspecified atom stereocenters. The Bertz CT molecular complexity index is 570. The Labute approximate surface area is 125 Å². The van der Waals surface area contributed by atoms with Gasteiger partial charge in [0.1, 0.15) is 5.75 Å². The predicted octanol–water partition coefficient (Wildman–Crippen LogP) is 2.58. The zero-order valence-corrected chi connectivity index (χ0v) is 12.5. The maximum atomic E-state index is 10.4. The maximum Gasteiger partial charge on any atom is 0.115 e. The molecule has 3 nitrogen and oxygen atoms in total. The lowest BCUT2D eigenvalue weighted by molar-refractivity contribution is -0.0505. The fraction of sp³-hybridized carbons (Fsp3) is 0.667. The number of rotatable bonds is 0. The minimum absolute atomic E-state index is 0.116. The van der Waals surface area contributed by atoms with Crippen LogP contribution in [0.3, 0.4) is 0 Å². The standard InChI is InChI=1S/C18H24O3/c1-18-7-6-13-12-5-3-11(19)8-10(12)2-4-14(13)15(18)9-16(20)17(18)21/h3,5,8,13-17,19-21H,2,4,6-7,9H2,1H3/t13-,14-,15+,16+,17?,18+/m1/s1. The highest BCUT2D eigenvalue weighted by Gasteiger charge is 2.57. The second-order valence-electron chi connectivity index (χ2n) is 7.59. The lowest BCUT2D eigenvalue weighted by Crippen LogP contribution is -2.44. The smallest absolute Gasteiger partial charge is 0.115 e. The minimum atomic E-state index is -0.565. The molecule has 0 bridgehead atoms. The average Bonchev–Trinajstić information content (AvgIpc) is 2.70. The Morgan fingerprint density at radius 3 is 2.81 bits per heavy atom. The van der Waals surface area contributed by atoms with E-state index < -0.39 is 12.2 Å². The van der Waals surface area contributed by atoms with Gasteiger partial charge in [-0.3, -0.25) is 0 Å². The van der Waals surface area contributed by atoms with E-state index in [4.69, 9.17) is 0 Å². The predicted molar refractivity (Wildman–Crippen MR) is 80.1 cm³/mol. The first-order valence-corrected chi connectivity index (χ1v) is 8.18. The molecule has 0 aliphatic heterocycles. The van der Waals surface area contributed by atoms with Gasteiger partial charge in [-0.05, 0) is 78.5 Å². The highest BCUT2D eigenvalue weighted by atomic mass is 16.3. The molecule has 3 aliphatic carbocycles. The van der Waals surface area contributed by atoms with Gasteiger partial charge in [0.2, 0.25) is 0 Å². The van der Waals surface area contributed by atoms with Crippen LogP contribution in [0.15, 0.2) is 18.2 Å². The molecule has 0 heterocycles. The van der Waals surface area contributed by atoms with Gasteiger partial charge in [-0.15, -0.1) is 0 Å². The van der Waals surface area contributed by atoms with Crippen molar-refractivity contribution in [1.29, 1.82) is 0 Å². The monoisotopic (exact) mass is 288 g/mol. The number of phenolic OH excluding ortho intramolecular Hbond substituents is 1. The third kappa shape index (κ3) is 1.80. The van der Waals surface area contributed by atoms with Gasteiger partial charge in [0.25, 0.3) is 0 Å². The average molecular weight is 288 g/mol. The van der Waals surface area contributed by atoms with Gasteiger partial charge in [-0.1, -0.05) is 13.0 Å². The summed E-state index contributed by atoms with van der Waals surface area (Å²) >= 11 is 0. The van der Waals surface area contributed by atoms with Crippen LogP contribution >= 0.6 is 0 Å². The van der Waals surface area contributed by atoms with Crippen LogP contribution in [0.25, 0.3) is 0 Å². The number of benzene rings is 1. The molecule has 1 aromatic carbocycles. The summed E-state index contributed by atoms with van der Waals surface area (Å²) in [5.74, 6) is 1.88. The van der Waals surface area contributed by atoms with E-state index >= 15 is 0 Å². The Morgan fingerprint density at radius 1 is 1.19 bits per heavy atom. The molecule has 114 valence electrons. The molecule has 2 fully saturated rings. The van der Waals surface area contributed by atoms with Gasteiger partial charge < -0.3 is 15.3 Å². The van der Waals surface area contributed by atoms with Crippen molar-refractivity contribution in [3.63, 3.8) is 0 Å². The normalized spacial score (nSPS) is 44.8.